The zero-order valence-corrected chi connectivity index (χ0v) is 14.6. The van der Waals surface area contributed by atoms with Crippen LogP contribution in [0.25, 0.3) is 11.1 Å². The van der Waals surface area contributed by atoms with Gasteiger partial charge in [-0.25, -0.2) is 9.78 Å². The van der Waals surface area contributed by atoms with Crippen LogP contribution in [-0.2, 0) is 17.4 Å². The van der Waals surface area contributed by atoms with Crippen molar-refractivity contribution in [3.8, 4) is 0 Å². The van der Waals surface area contributed by atoms with Gasteiger partial charge in [0.2, 0.25) is 5.71 Å². The number of rotatable bonds is 4. The van der Waals surface area contributed by atoms with Crippen LogP contribution in [0.15, 0.2) is 27.9 Å². The molecule has 10 nitrogen and oxygen atoms in total. The van der Waals surface area contributed by atoms with E-state index >= 15 is 0 Å². The fraction of sp³-hybridized carbons (Fsp3) is 0.312. The first kappa shape index (κ1) is 17.4. The molecule has 0 atom stereocenters. The van der Waals surface area contributed by atoms with Crippen LogP contribution in [0, 0.1) is 6.92 Å². The van der Waals surface area contributed by atoms with Crippen molar-refractivity contribution in [1.82, 2.24) is 19.3 Å². The van der Waals surface area contributed by atoms with Crippen molar-refractivity contribution in [2.24, 2.45) is 7.05 Å². The number of furan rings is 1. The molecule has 0 spiro atoms. The molecule has 3 rings (SSSR count). The number of anilines is 1. The van der Waals surface area contributed by atoms with E-state index in [0.717, 1.165) is 0 Å². The molecule has 10 heteroatoms. The number of carboxylic acids is 1. The van der Waals surface area contributed by atoms with Crippen molar-refractivity contribution in [2.45, 2.75) is 26.3 Å². The quantitative estimate of drug-likeness (QED) is 0.713. The Morgan fingerprint density at radius 2 is 2.04 bits per heavy atom. The molecule has 0 bridgehead atoms. The second-order valence-electron chi connectivity index (χ2n) is 6.37. The van der Waals surface area contributed by atoms with Crippen molar-refractivity contribution in [2.75, 3.05) is 5.32 Å². The summed E-state index contributed by atoms with van der Waals surface area (Å²) in [5.74, 6) is -1.38. The Bertz CT molecular complexity index is 1090. The number of nitrogens with zero attached hydrogens (tertiary/aromatic N) is 4. The number of carboxylic acid groups (broad SMARTS) is 1. The minimum Gasteiger partial charge on any atom is -0.479 e. The van der Waals surface area contributed by atoms with Crippen LogP contribution < -0.4 is 10.9 Å². The van der Waals surface area contributed by atoms with Crippen molar-refractivity contribution >= 4 is 28.7 Å². The molecule has 3 heterocycles. The maximum Gasteiger partial charge on any atom is 0.331 e. The molecule has 0 aliphatic rings. The lowest BCUT2D eigenvalue weighted by atomic mass is 10.1. The standard InChI is InChI=1S/C16H17N5O5/c1-8-10(11-13(26-8)17-7-20(4)14(11)23)12(22)19-9-5-18-21(6-9)16(2,3)15(24)25/h5-7H,1-4H3,(H,19,22)(H,24,25). The topological polar surface area (TPSA) is 132 Å². The molecule has 1 amide bonds. The van der Waals surface area contributed by atoms with Gasteiger partial charge in [-0.3, -0.25) is 14.3 Å². The minimum atomic E-state index is -1.28. The van der Waals surface area contributed by atoms with E-state index in [4.69, 9.17) is 4.42 Å². The molecule has 26 heavy (non-hydrogen) atoms. The van der Waals surface area contributed by atoms with Gasteiger partial charge in [0.25, 0.3) is 11.5 Å². The first-order chi connectivity index (χ1) is 12.1. The highest BCUT2D eigenvalue weighted by atomic mass is 16.4. The van der Waals surface area contributed by atoms with Crippen LogP contribution in [0.3, 0.4) is 0 Å². The monoisotopic (exact) mass is 359 g/mol. The highest BCUT2D eigenvalue weighted by Crippen LogP contribution is 2.23. The van der Waals surface area contributed by atoms with Gasteiger partial charge in [0, 0.05) is 13.2 Å². The van der Waals surface area contributed by atoms with E-state index in [0.29, 0.717) is 5.69 Å². The Morgan fingerprint density at radius 3 is 2.69 bits per heavy atom. The van der Waals surface area contributed by atoms with Crippen LogP contribution in [0.1, 0.15) is 30.0 Å². The second-order valence-corrected chi connectivity index (χ2v) is 6.37. The number of hydrogen-bond acceptors (Lipinski definition) is 6. The zero-order chi connectivity index (χ0) is 19.2. The van der Waals surface area contributed by atoms with Crippen molar-refractivity contribution in [3.63, 3.8) is 0 Å². The summed E-state index contributed by atoms with van der Waals surface area (Å²) in [5.41, 5.74) is -1.22. The molecule has 0 saturated carbocycles. The number of aryl methyl sites for hydroxylation is 2. The fourth-order valence-electron chi connectivity index (χ4n) is 2.45. The molecule has 0 fully saturated rings. The number of aliphatic carboxylic acids is 1. The lowest BCUT2D eigenvalue weighted by Crippen LogP contribution is -2.35. The number of fused-ring (bicyclic) bond motifs is 1. The number of aromatic nitrogens is 4. The Labute approximate surface area is 147 Å². The maximum absolute atomic E-state index is 12.7. The van der Waals surface area contributed by atoms with E-state index in [1.165, 1.54) is 48.9 Å². The second kappa shape index (κ2) is 5.83. The van der Waals surface area contributed by atoms with Gasteiger partial charge in [-0.1, -0.05) is 0 Å². The molecular formula is C16H17N5O5. The number of nitrogens with one attached hydrogen (secondary N) is 1. The van der Waals surface area contributed by atoms with Crippen LogP contribution in [0.2, 0.25) is 0 Å². The van der Waals surface area contributed by atoms with Gasteiger partial charge < -0.3 is 19.4 Å². The van der Waals surface area contributed by atoms with Crippen LogP contribution in [0.5, 0.6) is 0 Å². The van der Waals surface area contributed by atoms with Crippen LogP contribution in [0.4, 0.5) is 5.69 Å². The third kappa shape index (κ3) is 2.65. The van der Waals surface area contributed by atoms with E-state index < -0.39 is 23.0 Å². The average molecular weight is 359 g/mol. The molecule has 0 aromatic carbocycles. The van der Waals surface area contributed by atoms with Crippen LogP contribution in [-0.4, -0.2) is 36.3 Å². The lowest BCUT2D eigenvalue weighted by molar-refractivity contribution is -0.146. The highest BCUT2D eigenvalue weighted by molar-refractivity contribution is 6.12. The largest absolute Gasteiger partial charge is 0.479 e. The summed E-state index contributed by atoms with van der Waals surface area (Å²) < 4.78 is 7.88. The SMILES string of the molecule is Cc1oc2ncn(C)c(=O)c2c1C(=O)Nc1cnn(C(C)(C)C(=O)O)c1. The molecule has 2 N–H and O–H groups in total. The van der Waals surface area contributed by atoms with Gasteiger partial charge in [-0.15, -0.1) is 0 Å². The van der Waals surface area contributed by atoms with Crippen molar-refractivity contribution < 1.29 is 19.1 Å². The van der Waals surface area contributed by atoms with Gasteiger partial charge >= 0.3 is 5.97 Å². The third-order valence-corrected chi connectivity index (χ3v) is 4.11. The van der Waals surface area contributed by atoms with E-state index in [1.807, 2.05) is 0 Å². The molecule has 0 radical (unpaired) electrons. The summed E-state index contributed by atoms with van der Waals surface area (Å²) in [6.45, 7) is 4.53. The minimum absolute atomic E-state index is 0.0819. The molecule has 0 saturated heterocycles. The van der Waals surface area contributed by atoms with Gasteiger partial charge in [0.15, 0.2) is 5.54 Å². The Balaban J connectivity index is 1.98. The molecule has 0 aliphatic heterocycles. The normalized spacial score (nSPS) is 11.7. The van der Waals surface area contributed by atoms with Gasteiger partial charge in [-0.2, -0.15) is 5.10 Å². The maximum atomic E-state index is 12.7. The zero-order valence-electron chi connectivity index (χ0n) is 14.6. The summed E-state index contributed by atoms with van der Waals surface area (Å²) in [6.07, 6.45) is 4.05. The summed E-state index contributed by atoms with van der Waals surface area (Å²) in [6, 6.07) is 0. The lowest BCUT2D eigenvalue weighted by Gasteiger charge is -2.19. The Hall–Kier alpha value is -3.43. The molecule has 3 aromatic rings. The van der Waals surface area contributed by atoms with Gasteiger partial charge in [0.1, 0.15) is 17.5 Å². The van der Waals surface area contributed by atoms with Crippen molar-refractivity contribution in [1.29, 1.82) is 0 Å². The molecule has 0 aliphatic carbocycles. The summed E-state index contributed by atoms with van der Waals surface area (Å²) in [7, 11) is 1.52. The molecular weight excluding hydrogens is 342 g/mol. The number of hydrogen-bond donors (Lipinski definition) is 2. The average Bonchev–Trinajstić information content (AvgIpc) is 3.15. The first-order valence-corrected chi connectivity index (χ1v) is 7.67. The van der Waals surface area contributed by atoms with Crippen LogP contribution >= 0.6 is 0 Å². The summed E-state index contributed by atoms with van der Waals surface area (Å²) >= 11 is 0. The number of amides is 1. The Morgan fingerprint density at radius 1 is 1.35 bits per heavy atom. The predicted molar refractivity (Wildman–Crippen MR) is 91.1 cm³/mol. The van der Waals surface area contributed by atoms with Gasteiger partial charge in [0.05, 0.1) is 17.4 Å². The third-order valence-electron chi connectivity index (χ3n) is 4.11. The van der Waals surface area contributed by atoms with E-state index in [9.17, 15) is 19.5 Å². The van der Waals surface area contributed by atoms with E-state index in [-0.39, 0.29) is 22.4 Å². The van der Waals surface area contributed by atoms with Gasteiger partial charge in [-0.05, 0) is 20.8 Å². The molecule has 136 valence electrons. The molecule has 0 unspecified atom stereocenters. The predicted octanol–water partition coefficient (Wildman–Crippen LogP) is 1.10. The van der Waals surface area contributed by atoms with Crippen molar-refractivity contribution in [3.05, 3.63) is 40.4 Å². The molecule has 3 aromatic heterocycles. The summed E-state index contributed by atoms with van der Waals surface area (Å²) in [5, 5.41) is 15.9. The Kier molecular flexibility index (Phi) is 3.90. The van der Waals surface area contributed by atoms with E-state index in [1.54, 1.807) is 6.92 Å². The summed E-state index contributed by atoms with van der Waals surface area (Å²) in [4.78, 5) is 40.3. The number of carbonyl (C=O) groups is 2. The highest BCUT2D eigenvalue weighted by Gasteiger charge is 2.30. The van der Waals surface area contributed by atoms with E-state index in [2.05, 4.69) is 15.4 Å². The smallest absolute Gasteiger partial charge is 0.331 e. The number of carbonyl (C=O) groups excluding carboxylic acids is 1. The first-order valence-electron chi connectivity index (χ1n) is 7.67. The fourth-order valence-corrected chi connectivity index (χ4v) is 2.45.